The molecule has 1 saturated carbocycles. The Hall–Kier alpha value is -5.79. The van der Waals surface area contributed by atoms with E-state index in [0.717, 1.165) is 77.2 Å². The van der Waals surface area contributed by atoms with Crippen LogP contribution in [0, 0.1) is 24.2 Å². The summed E-state index contributed by atoms with van der Waals surface area (Å²) in [4.78, 5) is 70.7. The molecule has 6 rings (SSSR count). The summed E-state index contributed by atoms with van der Waals surface area (Å²) in [7, 11) is 1.85. The summed E-state index contributed by atoms with van der Waals surface area (Å²) in [5.41, 5.74) is 5.79. The molecule has 3 heterocycles. The quantitative estimate of drug-likeness (QED) is 0.0355. The standard InChI is InChI=1S/C55H76N8O9S/c1-7-40-34-58-54(61-50(40)56-23-24-62(6)52(67)42-13-10-14-42)60-43-19-21-46(22-20-43)72-30-12-28-70-26-9-8-25-69-27-11-29-71-36-45(65)31-47(55(3,4)5)53(68)63-35-44(64)32-48(63)51(66)57-33-39-15-17-41(18-16-39)49-38(2)59-37-73-49/h7,15-22,34,37,42,44,47-48,64H,1,8-14,23-33,35-36H2,2-6H3,(H,57,66)(H2,56,58,60,61)/t44-,47-,48+/m0/s1. The molecule has 0 bridgehead atoms. The van der Waals surface area contributed by atoms with Crippen LogP contribution in [-0.2, 0) is 39.9 Å². The highest BCUT2D eigenvalue weighted by Crippen LogP contribution is 2.34. The molecule has 3 atom stereocenters. The van der Waals surface area contributed by atoms with Crippen LogP contribution in [0.25, 0.3) is 16.5 Å². The van der Waals surface area contributed by atoms with Gasteiger partial charge in [0.2, 0.25) is 23.7 Å². The second-order valence-electron chi connectivity index (χ2n) is 19.9. The number of aryl methyl sites for hydroxylation is 1. The number of aliphatic hydroxyl groups is 1. The number of amides is 3. The van der Waals surface area contributed by atoms with Crippen molar-refractivity contribution in [2.45, 2.75) is 104 Å². The van der Waals surface area contributed by atoms with Gasteiger partial charge in [-0.05, 0) is 79.8 Å². The fourth-order valence-electron chi connectivity index (χ4n) is 8.55. The normalized spacial score (nSPS) is 16.1. The van der Waals surface area contributed by atoms with Crippen LogP contribution in [0.2, 0.25) is 0 Å². The Balaban J connectivity index is 0.772. The summed E-state index contributed by atoms with van der Waals surface area (Å²) in [6, 6.07) is 14.7. The predicted octanol–water partition coefficient (Wildman–Crippen LogP) is 7.85. The van der Waals surface area contributed by atoms with Gasteiger partial charge in [0.25, 0.3) is 0 Å². The van der Waals surface area contributed by atoms with Gasteiger partial charge in [-0.25, -0.2) is 9.97 Å². The molecule has 2 aromatic carbocycles. The highest BCUT2D eigenvalue weighted by atomic mass is 32.1. The number of aromatic nitrogens is 3. The molecular formula is C55H76N8O9S. The van der Waals surface area contributed by atoms with E-state index >= 15 is 0 Å². The second kappa shape index (κ2) is 28.6. The molecule has 17 nitrogen and oxygen atoms in total. The minimum absolute atomic E-state index is 0.0256. The number of ether oxygens (including phenoxy) is 4. The van der Waals surface area contributed by atoms with Gasteiger partial charge >= 0.3 is 0 Å². The van der Waals surface area contributed by atoms with Crippen molar-refractivity contribution in [1.29, 1.82) is 0 Å². The number of likely N-dealkylation sites (N-methyl/N-ethyl adjacent to an activating group) is 1. The van der Waals surface area contributed by atoms with Gasteiger partial charge in [0.05, 0.1) is 28.8 Å². The number of benzene rings is 2. The summed E-state index contributed by atoms with van der Waals surface area (Å²) in [5, 5.41) is 20.1. The van der Waals surface area contributed by atoms with Crippen molar-refractivity contribution in [1.82, 2.24) is 30.1 Å². The first-order valence-corrected chi connectivity index (χ1v) is 26.6. The number of ketones is 1. The van der Waals surface area contributed by atoms with Crippen molar-refractivity contribution in [2.75, 3.05) is 83.6 Å². The van der Waals surface area contributed by atoms with Crippen LogP contribution in [0.5, 0.6) is 5.75 Å². The van der Waals surface area contributed by atoms with E-state index in [2.05, 4.69) is 37.5 Å². The lowest BCUT2D eigenvalue weighted by Crippen LogP contribution is -2.50. The Kier molecular flexibility index (Phi) is 22.1. The van der Waals surface area contributed by atoms with E-state index in [-0.39, 0.29) is 62.0 Å². The summed E-state index contributed by atoms with van der Waals surface area (Å²) in [6.07, 6.45) is 8.91. The van der Waals surface area contributed by atoms with Gasteiger partial charge in [0.15, 0.2) is 5.78 Å². The van der Waals surface area contributed by atoms with Crippen LogP contribution >= 0.6 is 11.3 Å². The summed E-state index contributed by atoms with van der Waals surface area (Å²) in [6.45, 7) is 16.1. The zero-order chi connectivity index (χ0) is 52.2. The number of carbonyl (C=O) groups is 4. The third-order valence-electron chi connectivity index (χ3n) is 13.2. The summed E-state index contributed by atoms with van der Waals surface area (Å²) in [5.74, 6) is 0.695. The van der Waals surface area contributed by atoms with E-state index in [0.29, 0.717) is 70.9 Å². The van der Waals surface area contributed by atoms with Gasteiger partial charge < -0.3 is 49.8 Å². The number of nitrogens with one attached hydrogen (secondary N) is 3. The third kappa shape index (κ3) is 17.7. The Morgan fingerprint density at radius 3 is 2.26 bits per heavy atom. The molecule has 4 N–H and O–H groups in total. The van der Waals surface area contributed by atoms with E-state index in [9.17, 15) is 24.3 Å². The van der Waals surface area contributed by atoms with Crippen LogP contribution in [0.3, 0.4) is 0 Å². The monoisotopic (exact) mass is 1020 g/mol. The molecule has 0 spiro atoms. The number of hydrogen-bond acceptors (Lipinski definition) is 15. The largest absolute Gasteiger partial charge is 0.494 e. The van der Waals surface area contributed by atoms with Gasteiger partial charge in [-0.15, -0.1) is 11.3 Å². The maximum atomic E-state index is 14.0. The number of thiazole rings is 1. The van der Waals surface area contributed by atoms with Crippen LogP contribution in [0.15, 0.2) is 66.8 Å². The van der Waals surface area contributed by atoms with Crippen molar-refractivity contribution in [2.24, 2.45) is 17.3 Å². The molecule has 1 aliphatic carbocycles. The van der Waals surface area contributed by atoms with Crippen LogP contribution in [0.1, 0.15) is 95.4 Å². The Labute approximate surface area is 434 Å². The lowest BCUT2D eigenvalue weighted by molar-refractivity contribution is -0.146. The smallest absolute Gasteiger partial charge is 0.243 e. The molecule has 73 heavy (non-hydrogen) atoms. The molecule has 2 aliphatic rings. The lowest BCUT2D eigenvalue weighted by atomic mass is 9.77. The predicted molar refractivity (Wildman–Crippen MR) is 285 cm³/mol. The molecule has 2 fully saturated rings. The number of β-amino-alcohol motifs (C(OH)–C–C–N with tert-alkyl or cyclic N) is 1. The van der Waals surface area contributed by atoms with Gasteiger partial charge in [-0.2, -0.15) is 4.98 Å². The number of unbranched alkanes of at least 4 members (excludes halogenated alkanes) is 1. The molecule has 0 radical (unpaired) electrons. The number of hydrogen-bond donors (Lipinski definition) is 4. The van der Waals surface area contributed by atoms with Gasteiger partial charge in [0.1, 0.15) is 24.2 Å². The minimum atomic E-state index is -0.834. The Morgan fingerprint density at radius 2 is 1.62 bits per heavy atom. The Morgan fingerprint density at radius 1 is 0.932 bits per heavy atom. The first-order valence-electron chi connectivity index (χ1n) is 25.7. The lowest BCUT2D eigenvalue weighted by Gasteiger charge is -2.34. The number of nitrogens with zero attached hydrogens (tertiary/aromatic N) is 5. The van der Waals surface area contributed by atoms with E-state index < -0.39 is 23.5 Å². The van der Waals surface area contributed by atoms with Crippen LogP contribution in [-0.4, -0.2) is 138 Å². The zero-order valence-electron chi connectivity index (χ0n) is 43.4. The number of aliphatic hydroxyl groups excluding tert-OH is 1. The zero-order valence-corrected chi connectivity index (χ0v) is 44.2. The number of anilines is 3. The molecule has 3 amide bonds. The summed E-state index contributed by atoms with van der Waals surface area (Å²) >= 11 is 1.58. The number of Topliss-reactive ketones (excluding diaryl/α,β-unsaturated/α-hetero) is 1. The molecular weight excluding hydrogens is 949 g/mol. The van der Waals surface area contributed by atoms with Crippen molar-refractivity contribution >= 4 is 58.4 Å². The first kappa shape index (κ1) is 56.5. The third-order valence-corrected chi connectivity index (χ3v) is 14.1. The highest BCUT2D eigenvalue weighted by Gasteiger charge is 2.44. The fourth-order valence-corrected chi connectivity index (χ4v) is 9.37. The van der Waals surface area contributed by atoms with E-state index in [4.69, 9.17) is 18.9 Å². The van der Waals surface area contributed by atoms with Gasteiger partial charge in [-0.3, -0.25) is 19.2 Å². The Bertz CT molecular complexity index is 2390. The molecule has 396 valence electrons. The average molecular weight is 1030 g/mol. The second-order valence-corrected chi connectivity index (χ2v) is 20.8. The van der Waals surface area contributed by atoms with E-state index in [1.165, 1.54) is 4.90 Å². The minimum Gasteiger partial charge on any atom is -0.494 e. The molecule has 2 aromatic heterocycles. The SMILES string of the molecule is C=Cc1cnc(Nc2ccc(OCCCOCCCCOCCCOCC(=O)C[C@@H](C(=O)N3C[C@@H](O)C[C@@H]3C(=O)NCc3ccc(-c4scnc4C)cc3)C(C)(C)C)cc2)nc1NCCN(C)C(=O)C1CCC1. The number of rotatable bonds is 31. The molecule has 1 saturated heterocycles. The summed E-state index contributed by atoms with van der Waals surface area (Å²) < 4.78 is 23.1. The van der Waals surface area contributed by atoms with Gasteiger partial charge in [-0.1, -0.05) is 64.1 Å². The van der Waals surface area contributed by atoms with E-state index in [1.807, 2.05) is 88.8 Å². The highest BCUT2D eigenvalue weighted by molar-refractivity contribution is 7.13. The molecule has 1 aliphatic heterocycles. The maximum absolute atomic E-state index is 14.0. The molecule has 4 aromatic rings. The van der Waals surface area contributed by atoms with Crippen molar-refractivity contribution < 1.29 is 43.2 Å². The molecule has 18 heteroatoms. The van der Waals surface area contributed by atoms with Crippen LogP contribution < -0.4 is 20.7 Å². The van der Waals surface area contributed by atoms with Crippen LogP contribution in [0.4, 0.5) is 17.5 Å². The van der Waals surface area contributed by atoms with E-state index in [1.54, 1.807) is 28.5 Å². The van der Waals surface area contributed by atoms with Gasteiger partial charge in [0, 0.05) is 115 Å². The topological polar surface area (TPSA) is 207 Å². The first-order chi connectivity index (χ1) is 35.2. The van der Waals surface area contributed by atoms with Crippen molar-refractivity contribution in [3.8, 4) is 16.2 Å². The average Bonchev–Trinajstić information content (AvgIpc) is 3.98. The molecule has 0 unspecified atom stereocenters. The number of carbonyl (C=O) groups excluding carboxylic acids is 4. The van der Waals surface area contributed by atoms with Crippen molar-refractivity contribution in [3.05, 3.63) is 83.6 Å². The fraction of sp³-hybridized carbons (Fsp3) is 0.545. The van der Waals surface area contributed by atoms with Crippen molar-refractivity contribution in [3.63, 3.8) is 0 Å². The maximum Gasteiger partial charge on any atom is 0.243 e. The number of likely N-dealkylation sites (tertiary alicyclic amines) is 1.